The second kappa shape index (κ2) is 2.74. The third kappa shape index (κ3) is 1.35. The SMILES string of the molecule is O=C(O)C1=CN2C=C(F)CNC2N1. The van der Waals surface area contributed by atoms with Crippen molar-refractivity contribution in [2.24, 2.45) is 0 Å². The number of halogens is 1. The summed E-state index contributed by atoms with van der Waals surface area (Å²) in [6.45, 7) is 0.120. The van der Waals surface area contributed by atoms with Gasteiger partial charge in [-0.1, -0.05) is 0 Å². The lowest BCUT2D eigenvalue weighted by molar-refractivity contribution is -0.133. The fraction of sp³-hybridized carbons (Fsp3) is 0.286. The summed E-state index contributed by atoms with van der Waals surface area (Å²) in [5, 5.41) is 14.1. The van der Waals surface area contributed by atoms with Crippen LogP contribution in [0.25, 0.3) is 0 Å². The number of aliphatic carboxylic acids is 1. The van der Waals surface area contributed by atoms with Gasteiger partial charge in [0.1, 0.15) is 11.5 Å². The molecule has 2 rings (SSSR count). The maximum atomic E-state index is 12.7. The lowest BCUT2D eigenvalue weighted by atomic mass is 10.4. The van der Waals surface area contributed by atoms with Gasteiger partial charge in [-0.2, -0.15) is 0 Å². The number of hydrogen-bond donors (Lipinski definition) is 3. The monoisotopic (exact) mass is 185 g/mol. The molecule has 0 aromatic carbocycles. The van der Waals surface area contributed by atoms with Crippen LogP contribution in [-0.2, 0) is 4.79 Å². The maximum absolute atomic E-state index is 12.7. The molecule has 0 aliphatic carbocycles. The van der Waals surface area contributed by atoms with Crippen LogP contribution in [0.15, 0.2) is 23.9 Å². The van der Waals surface area contributed by atoms with E-state index < -0.39 is 5.97 Å². The van der Waals surface area contributed by atoms with E-state index in [1.54, 1.807) is 0 Å². The standard InChI is InChI=1S/C7H8FN3O2/c8-4-1-9-7-10-5(6(12)13)3-11(7)2-4/h2-3,7,9-10H,1H2,(H,12,13). The van der Waals surface area contributed by atoms with E-state index in [9.17, 15) is 9.18 Å². The van der Waals surface area contributed by atoms with Gasteiger partial charge in [0.05, 0.1) is 6.54 Å². The predicted molar refractivity (Wildman–Crippen MR) is 41.7 cm³/mol. The number of nitrogens with one attached hydrogen (secondary N) is 2. The Hall–Kier alpha value is -1.56. The second-order valence-electron chi connectivity index (χ2n) is 2.80. The van der Waals surface area contributed by atoms with Crippen molar-refractivity contribution < 1.29 is 14.3 Å². The summed E-state index contributed by atoms with van der Waals surface area (Å²) in [7, 11) is 0. The zero-order valence-corrected chi connectivity index (χ0v) is 6.62. The van der Waals surface area contributed by atoms with E-state index in [1.807, 2.05) is 0 Å². The minimum atomic E-state index is -1.05. The maximum Gasteiger partial charge on any atom is 0.353 e. The van der Waals surface area contributed by atoms with Gasteiger partial charge in [-0.25, -0.2) is 9.18 Å². The lowest BCUT2D eigenvalue weighted by Crippen LogP contribution is -2.49. The van der Waals surface area contributed by atoms with Gasteiger partial charge in [-0.3, -0.25) is 5.32 Å². The van der Waals surface area contributed by atoms with Crippen molar-refractivity contribution in [3.63, 3.8) is 0 Å². The van der Waals surface area contributed by atoms with Crippen molar-refractivity contribution in [3.05, 3.63) is 23.9 Å². The number of nitrogens with zero attached hydrogens (tertiary/aromatic N) is 1. The van der Waals surface area contributed by atoms with Crippen molar-refractivity contribution >= 4 is 5.97 Å². The average Bonchev–Trinajstić information content (AvgIpc) is 2.46. The molecule has 0 aromatic rings. The van der Waals surface area contributed by atoms with Crippen LogP contribution in [0, 0.1) is 0 Å². The Bertz CT molecular complexity index is 313. The third-order valence-electron chi connectivity index (χ3n) is 1.85. The molecule has 3 N–H and O–H groups in total. The molecule has 0 spiro atoms. The first-order valence-corrected chi connectivity index (χ1v) is 3.75. The van der Waals surface area contributed by atoms with Gasteiger partial charge in [0.25, 0.3) is 0 Å². The van der Waals surface area contributed by atoms with Gasteiger partial charge >= 0.3 is 5.97 Å². The molecule has 0 amide bonds. The van der Waals surface area contributed by atoms with Crippen molar-refractivity contribution in [2.75, 3.05) is 6.54 Å². The minimum Gasteiger partial charge on any atom is -0.477 e. The molecule has 2 heterocycles. The van der Waals surface area contributed by atoms with E-state index in [4.69, 9.17) is 5.11 Å². The van der Waals surface area contributed by atoms with E-state index in [2.05, 4.69) is 10.6 Å². The quantitative estimate of drug-likeness (QED) is 0.514. The molecule has 13 heavy (non-hydrogen) atoms. The second-order valence-corrected chi connectivity index (χ2v) is 2.80. The minimum absolute atomic E-state index is 0.0588. The summed E-state index contributed by atoms with van der Waals surface area (Å²) in [5.74, 6) is -1.37. The van der Waals surface area contributed by atoms with E-state index in [0.717, 1.165) is 0 Å². The number of fused-ring (bicyclic) bond motifs is 1. The first kappa shape index (κ1) is 8.06. The number of carbonyl (C=O) groups is 1. The third-order valence-corrected chi connectivity index (χ3v) is 1.85. The highest BCUT2D eigenvalue weighted by atomic mass is 19.1. The van der Waals surface area contributed by atoms with Crippen LogP contribution in [0.4, 0.5) is 4.39 Å². The van der Waals surface area contributed by atoms with Crippen LogP contribution in [0.2, 0.25) is 0 Å². The summed E-state index contributed by atoms with van der Waals surface area (Å²) >= 11 is 0. The lowest BCUT2D eigenvalue weighted by Gasteiger charge is -2.26. The van der Waals surface area contributed by atoms with Crippen LogP contribution >= 0.6 is 0 Å². The van der Waals surface area contributed by atoms with E-state index in [-0.39, 0.29) is 24.4 Å². The van der Waals surface area contributed by atoms with Gasteiger partial charge in [-0.15, -0.1) is 0 Å². The molecule has 2 aliphatic rings. The Morgan fingerprint density at radius 1 is 1.69 bits per heavy atom. The van der Waals surface area contributed by atoms with Gasteiger partial charge in [0, 0.05) is 12.4 Å². The predicted octanol–water partition coefficient (Wildman–Crippen LogP) is -0.485. The van der Waals surface area contributed by atoms with Crippen LogP contribution in [0.3, 0.4) is 0 Å². The molecule has 0 saturated carbocycles. The highest BCUT2D eigenvalue weighted by Crippen LogP contribution is 2.15. The number of rotatable bonds is 1. The highest BCUT2D eigenvalue weighted by molar-refractivity contribution is 5.86. The molecule has 6 heteroatoms. The highest BCUT2D eigenvalue weighted by Gasteiger charge is 2.28. The molecular weight excluding hydrogens is 177 g/mol. The van der Waals surface area contributed by atoms with Gasteiger partial charge < -0.3 is 15.3 Å². The summed E-state index contributed by atoms with van der Waals surface area (Å²) in [6.07, 6.45) is 2.27. The fourth-order valence-corrected chi connectivity index (χ4v) is 1.27. The summed E-state index contributed by atoms with van der Waals surface area (Å²) in [6, 6.07) is 0. The molecule has 1 unspecified atom stereocenters. The van der Waals surface area contributed by atoms with Crippen LogP contribution in [0.1, 0.15) is 0 Å². The molecule has 5 nitrogen and oxygen atoms in total. The zero-order chi connectivity index (χ0) is 9.42. The van der Waals surface area contributed by atoms with Gasteiger partial charge in [-0.05, 0) is 0 Å². The Morgan fingerprint density at radius 2 is 2.46 bits per heavy atom. The molecule has 0 aromatic heterocycles. The molecule has 0 fully saturated rings. The summed E-state index contributed by atoms with van der Waals surface area (Å²) in [4.78, 5) is 12.0. The average molecular weight is 185 g/mol. The first-order chi connectivity index (χ1) is 6.16. The molecule has 0 radical (unpaired) electrons. The van der Waals surface area contributed by atoms with Gasteiger partial charge in [0.15, 0.2) is 6.29 Å². The summed E-state index contributed by atoms with van der Waals surface area (Å²) < 4.78 is 12.7. The number of hydrogen-bond acceptors (Lipinski definition) is 4. The molecule has 1 atom stereocenters. The largest absolute Gasteiger partial charge is 0.477 e. The van der Waals surface area contributed by atoms with E-state index in [0.29, 0.717) is 0 Å². The molecule has 0 saturated heterocycles. The topological polar surface area (TPSA) is 64.6 Å². The van der Waals surface area contributed by atoms with Gasteiger partial charge in [0.2, 0.25) is 0 Å². The van der Waals surface area contributed by atoms with Crippen molar-refractivity contribution in [3.8, 4) is 0 Å². The summed E-state index contributed by atoms with van der Waals surface area (Å²) in [5.41, 5.74) is 0.0588. The number of carboxylic acids is 1. The Labute approximate surface area is 73.5 Å². The van der Waals surface area contributed by atoms with E-state index >= 15 is 0 Å². The van der Waals surface area contributed by atoms with Crippen LogP contribution in [-0.4, -0.2) is 28.8 Å². The zero-order valence-electron chi connectivity index (χ0n) is 6.62. The molecule has 70 valence electrons. The molecule has 2 aliphatic heterocycles. The van der Waals surface area contributed by atoms with Crippen LogP contribution in [0.5, 0.6) is 0 Å². The van der Waals surface area contributed by atoms with E-state index in [1.165, 1.54) is 17.3 Å². The normalized spacial score (nSPS) is 25.9. The first-order valence-electron chi connectivity index (χ1n) is 3.75. The Balaban J connectivity index is 2.19. The molecular formula is C7H8FN3O2. The Kier molecular flexibility index (Phi) is 1.70. The van der Waals surface area contributed by atoms with Crippen molar-refractivity contribution in [1.82, 2.24) is 15.5 Å². The Morgan fingerprint density at radius 3 is 3.15 bits per heavy atom. The number of carboxylic acid groups (broad SMARTS) is 1. The smallest absolute Gasteiger partial charge is 0.353 e. The van der Waals surface area contributed by atoms with Crippen LogP contribution < -0.4 is 10.6 Å². The van der Waals surface area contributed by atoms with Crippen molar-refractivity contribution in [2.45, 2.75) is 6.29 Å². The molecule has 0 bridgehead atoms. The fourth-order valence-electron chi connectivity index (χ4n) is 1.27. The van der Waals surface area contributed by atoms with Crippen molar-refractivity contribution in [1.29, 1.82) is 0 Å².